The lowest BCUT2D eigenvalue weighted by Crippen LogP contribution is -2.29. The Hall–Kier alpha value is -1.06. The van der Waals surface area contributed by atoms with Gasteiger partial charge in [0.05, 0.1) is 5.92 Å². The van der Waals surface area contributed by atoms with Crippen LogP contribution in [0.2, 0.25) is 0 Å². The van der Waals surface area contributed by atoms with E-state index >= 15 is 0 Å². The van der Waals surface area contributed by atoms with Crippen LogP contribution in [0, 0.1) is 11.8 Å². The molecule has 1 atom stereocenters. The minimum absolute atomic E-state index is 0.0833. The Kier molecular flexibility index (Phi) is 6.01. The van der Waals surface area contributed by atoms with Gasteiger partial charge in [0.25, 0.3) is 0 Å². The number of hydrogen-bond donors (Lipinski definition) is 2. The standard InChI is InChI=1S/C13H23NO3/c1-10(13(16)17)9-12(15)14-8-7-11-5-3-2-4-6-11/h10-11H,2-9H2,1H3,(H,14,15)(H,16,17). The zero-order chi connectivity index (χ0) is 12.7. The van der Waals surface area contributed by atoms with Gasteiger partial charge in [-0.25, -0.2) is 0 Å². The van der Waals surface area contributed by atoms with Crippen molar-refractivity contribution in [3.05, 3.63) is 0 Å². The monoisotopic (exact) mass is 241 g/mol. The Morgan fingerprint density at radius 3 is 2.53 bits per heavy atom. The second-order valence-corrected chi connectivity index (χ2v) is 5.09. The van der Waals surface area contributed by atoms with Crippen molar-refractivity contribution in [2.24, 2.45) is 11.8 Å². The largest absolute Gasteiger partial charge is 0.481 e. The van der Waals surface area contributed by atoms with Crippen molar-refractivity contribution in [1.29, 1.82) is 0 Å². The molecule has 1 amide bonds. The summed E-state index contributed by atoms with van der Waals surface area (Å²) in [6.07, 6.45) is 7.65. The summed E-state index contributed by atoms with van der Waals surface area (Å²) in [6.45, 7) is 2.25. The molecule has 0 aromatic carbocycles. The number of carboxylic acid groups (broad SMARTS) is 1. The Bertz CT molecular complexity index is 259. The van der Waals surface area contributed by atoms with Gasteiger partial charge in [-0.3, -0.25) is 9.59 Å². The molecule has 0 aromatic rings. The summed E-state index contributed by atoms with van der Waals surface area (Å²) in [6, 6.07) is 0. The third kappa shape index (κ3) is 5.71. The van der Waals surface area contributed by atoms with Crippen LogP contribution in [0.15, 0.2) is 0 Å². The first-order valence-corrected chi connectivity index (χ1v) is 6.59. The quantitative estimate of drug-likeness (QED) is 0.749. The summed E-state index contributed by atoms with van der Waals surface area (Å²) in [7, 11) is 0. The Labute approximate surface area is 103 Å². The van der Waals surface area contributed by atoms with Gasteiger partial charge in [-0.15, -0.1) is 0 Å². The minimum atomic E-state index is -0.910. The molecular formula is C13H23NO3. The molecule has 1 unspecified atom stereocenters. The summed E-state index contributed by atoms with van der Waals surface area (Å²) in [5, 5.41) is 11.5. The highest BCUT2D eigenvalue weighted by Gasteiger charge is 2.16. The van der Waals surface area contributed by atoms with E-state index in [0.29, 0.717) is 6.54 Å². The minimum Gasteiger partial charge on any atom is -0.481 e. The molecule has 1 aliphatic carbocycles. The zero-order valence-electron chi connectivity index (χ0n) is 10.6. The van der Waals surface area contributed by atoms with Crippen molar-refractivity contribution >= 4 is 11.9 Å². The number of amides is 1. The topological polar surface area (TPSA) is 66.4 Å². The molecule has 0 aromatic heterocycles. The lowest BCUT2D eigenvalue weighted by Gasteiger charge is -2.21. The van der Waals surface area contributed by atoms with Crippen LogP contribution in [-0.2, 0) is 9.59 Å². The Balaban J connectivity index is 2.09. The normalized spacial score (nSPS) is 18.6. The molecule has 0 bridgehead atoms. The van der Waals surface area contributed by atoms with Crippen LogP contribution in [0.3, 0.4) is 0 Å². The first-order chi connectivity index (χ1) is 8.09. The van der Waals surface area contributed by atoms with Crippen molar-refractivity contribution < 1.29 is 14.7 Å². The average Bonchev–Trinajstić information content (AvgIpc) is 2.30. The maximum Gasteiger partial charge on any atom is 0.306 e. The van der Waals surface area contributed by atoms with Crippen LogP contribution in [0.4, 0.5) is 0 Å². The van der Waals surface area contributed by atoms with Gasteiger partial charge in [0.15, 0.2) is 0 Å². The number of carboxylic acids is 1. The Morgan fingerprint density at radius 1 is 1.29 bits per heavy atom. The van der Waals surface area contributed by atoms with Crippen molar-refractivity contribution in [2.45, 2.75) is 51.9 Å². The smallest absolute Gasteiger partial charge is 0.306 e. The van der Waals surface area contributed by atoms with E-state index in [0.717, 1.165) is 12.3 Å². The molecule has 1 rings (SSSR count). The van der Waals surface area contributed by atoms with E-state index in [2.05, 4.69) is 5.32 Å². The zero-order valence-corrected chi connectivity index (χ0v) is 10.6. The molecule has 0 aliphatic heterocycles. The summed E-state index contributed by atoms with van der Waals surface area (Å²) >= 11 is 0. The molecule has 98 valence electrons. The highest BCUT2D eigenvalue weighted by Crippen LogP contribution is 2.25. The second kappa shape index (κ2) is 7.30. The van der Waals surface area contributed by atoms with Crippen LogP contribution in [0.25, 0.3) is 0 Å². The van der Waals surface area contributed by atoms with Gasteiger partial charge < -0.3 is 10.4 Å². The lowest BCUT2D eigenvalue weighted by molar-refractivity contribution is -0.143. The van der Waals surface area contributed by atoms with Crippen molar-refractivity contribution in [3.63, 3.8) is 0 Å². The number of carbonyl (C=O) groups excluding carboxylic acids is 1. The Morgan fingerprint density at radius 2 is 1.94 bits per heavy atom. The van der Waals surface area contributed by atoms with Crippen LogP contribution in [-0.4, -0.2) is 23.5 Å². The second-order valence-electron chi connectivity index (χ2n) is 5.09. The summed E-state index contributed by atoms with van der Waals surface area (Å²) in [5.74, 6) is -0.895. The molecule has 0 saturated heterocycles. The van der Waals surface area contributed by atoms with Gasteiger partial charge in [-0.05, 0) is 12.3 Å². The van der Waals surface area contributed by atoms with E-state index < -0.39 is 11.9 Å². The number of aliphatic carboxylic acids is 1. The maximum absolute atomic E-state index is 11.4. The molecule has 1 fully saturated rings. The predicted octanol–water partition coefficient (Wildman–Crippen LogP) is 2.18. The fourth-order valence-electron chi connectivity index (χ4n) is 2.33. The van der Waals surface area contributed by atoms with Crippen LogP contribution in [0.1, 0.15) is 51.9 Å². The molecule has 4 heteroatoms. The number of hydrogen-bond acceptors (Lipinski definition) is 2. The van der Waals surface area contributed by atoms with E-state index in [1.54, 1.807) is 6.92 Å². The first-order valence-electron chi connectivity index (χ1n) is 6.59. The molecule has 0 radical (unpaired) electrons. The number of rotatable bonds is 6. The molecule has 0 heterocycles. The lowest BCUT2D eigenvalue weighted by atomic mass is 9.87. The summed E-state index contributed by atoms with van der Waals surface area (Å²) in [5.41, 5.74) is 0. The molecular weight excluding hydrogens is 218 g/mol. The maximum atomic E-state index is 11.4. The highest BCUT2D eigenvalue weighted by molar-refractivity contribution is 5.81. The molecule has 2 N–H and O–H groups in total. The fraction of sp³-hybridized carbons (Fsp3) is 0.846. The third-order valence-electron chi connectivity index (χ3n) is 3.51. The van der Waals surface area contributed by atoms with E-state index in [1.165, 1.54) is 32.1 Å². The molecule has 4 nitrogen and oxygen atoms in total. The van der Waals surface area contributed by atoms with Gasteiger partial charge in [0, 0.05) is 13.0 Å². The summed E-state index contributed by atoms with van der Waals surface area (Å²) in [4.78, 5) is 22.0. The predicted molar refractivity (Wildman–Crippen MR) is 65.6 cm³/mol. The van der Waals surface area contributed by atoms with Gasteiger partial charge >= 0.3 is 5.97 Å². The first kappa shape index (κ1) is 14.0. The van der Waals surface area contributed by atoms with Crippen molar-refractivity contribution in [3.8, 4) is 0 Å². The van der Waals surface area contributed by atoms with Crippen LogP contribution in [0.5, 0.6) is 0 Å². The average molecular weight is 241 g/mol. The van der Waals surface area contributed by atoms with E-state index in [4.69, 9.17) is 5.11 Å². The van der Waals surface area contributed by atoms with Crippen molar-refractivity contribution in [1.82, 2.24) is 5.32 Å². The third-order valence-corrected chi connectivity index (χ3v) is 3.51. The van der Waals surface area contributed by atoms with E-state index in [9.17, 15) is 9.59 Å². The van der Waals surface area contributed by atoms with Gasteiger partial charge in [0.2, 0.25) is 5.91 Å². The van der Waals surface area contributed by atoms with Crippen LogP contribution >= 0.6 is 0 Å². The summed E-state index contributed by atoms with van der Waals surface area (Å²) < 4.78 is 0. The van der Waals surface area contributed by atoms with E-state index in [1.807, 2.05) is 0 Å². The molecule has 17 heavy (non-hydrogen) atoms. The van der Waals surface area contributed by atoms with E-state index in [-0.39, 0.29) is 12.3 Å². The number of carbonyl (C=O) groups is 2. The van der Waals surface area contributed by atoms with Gasteiger partial charge in [-0.2, -0.15) is 0 Å². The van der Waals surface area contributed by atoms with Gasteiger partial charge in [-0.1, -0.05) is 39.0 Å². The highest BCUT2D eigenvalue weighted by atomic mass is 16.4. The SMILES string of the molecule is CC(CC(=O)NCCC1CCCCC1)C(=O)O. The molecule has 1 saturated carbocycles. The number of nitrogens with one attached hydrogen (secondary N) is 1. The fourth-order valence-corrected chi connectivity index (χ4v) is 2.33. The molecule has 0 spiro atoms. The molecule has 1 aliphatic rings. The van der Waals surface area contributed by atoms with Gasteiger partial charge in [0.1, 0.15) is 0 Å². The van der Waals surface area contributed by atoms with Crippen LogP contribution < -0.4 is 5.32 Å². The van der Waals surface area contributed by atoms with Crippen molar-refractivity contribution in [2.75, 3.05) is 6.54 Å².